The number of fused-ring (bicyclic) bond motifs is 5. The highest BCUT2D eigenvalue weighted by Crippen LogP contribution is 2.76. The molecule has 0 aromatic carbocycles. The molecule has 0 aromatic heterocycles. The summed E-state index contributed by atoms with van der Waals surface area (Å²) in [7, 11) is 0. The minimum absolute atomic E-state index is 0.0575. The molecule has 2 saturated carbocycles. The van der Waals surface area contributed by atoms with Crippen LogP contribution in [0.5, 0.6) is 0 Å². The van der Waals surface area contributed by atoms with E-state index >= 15 is 0 Å². The highest BCUT2D eigenvalue weighted by atomic mass is 16.7. The predicted molar refractivity (Wildman–Crippen MR) is 122 cm³/mol. The summed E-state index contributed by atoms with van der Waals surface area (Å²) in [6.07, 6.45) is 8.59. The van der Waals surface area contributed by atoms with E-state index in [0.717, 1.165) is 5.57 Å². The van der Waals surface area contributed by atoms with E-state index in [-0.39, 0.29) is 25.2 Å². The first-order valence-corrected chi connectivity index (χ1v) is 13.1. The molecule has 4 saturated heterocycles. The topological polar surface area (TPSA) is 125 Å². The monoisotopic (exact) mass is 508 g/mol. The van der Waals surface area contributed by atoms with Gasteiger partial charge in [-0.25, -0.2) is 9.59 Å². The van der Waals surface area contributed by atoms with Crippen LogP contribution in [0.3, 0.4) is 0 Å². The molecule has 9 nitrogen and oxygen atoms in total. The first-order chi connectivity index (χ1) is 17.4. The molecule has 194 valence electrons. The van der Waals surface area contributed by atoms with Gasteiger partial charge in [0.05, 0.1) is 23.9 Å². The lowest BCUT2D eigenvalue weighted by Gasteiger charge is -2.67. The quantitative estimate of drug-likeness (QED) is 0.381. The summed E-state index contributed by atoms with van der Waals surface area (Å²) < 4.78 is 24.6. The fraction of sp³-hybridized carbons (Fsp3) is 0.643. The molecule has 1 N–H and O–H groups in total. The molecule has 11 atom stereocenters. The second-order valence-corrected chi connectivity index (χ2v) is 12.8. The molecule has 4 aliphatic carbocycles. The Kier molecular flexibility index (Phi) is 3.57. The number of ether oxygens (including phenoxy) is 4. The van der Waals surface area contributed by atoms with Gasteiger partial charge in [0.25, 0.3) is 0 Å². The van der Waals surface area contributed by atoms with Gasteiger partial charge in [-0.05, 0) is 56.1 Å². The Morgan fingerprint density at radius 2 is 1.81 bits per heavy atom. The Labute approximate surface area is 212 Å². The summed E-state index contributed by atoms with van der Waals surface area (Å²) in [5.74, 6) is -4.79. The summed E-state index contributed by atoms with van der Waals surface area (Å²) in [5, 5.41) is 12.4. The zero-order chi connectivity index (χ0) is 26.0. The second kappa shape index (κ2) is 5.94. The molecule has 8 aliphatic rings. The smallest absolute Gasteiger partial charge is 0.343 e. The van der Waals surface area contributed by atoms with Gasteiger partial charge in [-0.2, -0.15) is 0 Å². The van der Waals surface area contributed by atoms with Crippen molar-refractivity contribution in [3.05, 3.63) is 36.0 Å². The van der Waals surface area contributed by atoms with Crippen LogP contribution >= 0.6 is 0 Å². The van der Waals surface area contributed by atoms with E-state index in [4.69, 9.17) is 18.9 Å². The van der Waals surface area contributed by atoms with Crippen molar-refractivity contribution in [3.8, 4) is 0 Å². The Morgan fingerprint density at radius 1 is 1.03 bits per heavy atom. The third-order valence-corrected chi connectivity index (χ3v) is 11.7. The highest BCUT2D eigenvalue weighted by molar-refractivity contribution is 6.00. The average molecular weight is 509 g/mol. The standard InChI is InChI=1S/C28H28O9/c1-23-11-18-25(3)28-20(23)27(22(32)37-28,34-12-16(23)19(30)35-18)15-8-7-13-5-4-6-17(29)24(13,2)14(15)9-10-26(28,33)21(31)36-25/h4-8,14-16,18,20,33H,9-12H2,1-3H3/t14-,15+,16-,18-,20+,23+,24-,25-,26-,27+,28-/m0/s1. The molecule has 4 heterocycles. The lowest BCUT2D eigenvalue weighted by atomic mass is 9.39. The van der Waals surface area contributed by atoms with E-state index in [9.17, 15) is 24.3 Å². The van der Waals surface area contributed by atoms with Crippen molar-refractivity contribution in [2.24, 2.45) is 34.5 Å². The molecule has 9 heteroatoms. The molecule has 6 fully saturated rings. The van der Waals surface area contributed by atoms with Gasteiger partial charge in [-0.3, -0.25) is 9.59 Å². The van der Waals surface area contributed by atoms with E-state index in [0.29, 0.717) is 6.42 Å². The lowest BCUT2D eigenvalue weighted by Crippen LogP contribution is -2.82. The predicted octanol–water partition coefficient (Wildman–Crippen LogP) is 1.33. The molecular formula is C28H28O9. The van der Waals surface area contributed by atoms with Crippen LogP contribution in [0.2, 0.25) is 0 Å². The average Bonchev–Trinajstić information content (AvgIpc) is 3.22. The van der Waals surface area contributed by atoms with Crippen molar-refractivity contribution in [1.29, 1.82) is 0 Å². The maximum atomic E-state index is 14.3. The Bertz CT molecular complexity index is 1340. The van der Waals surface area contributed by atoms with Crippen molar-refractivity contribution in [3.63, 3.8) is 0 Å². The van der Waals surface area contributed by atoms with Crippen molar-refractivity contribution < 1.29 is 43.2 Å². The SMILES string of the molecule is C[C@]12C(=O)C=CC=C1C=C[C@@H]1[C@@H]2CC[C@]2(O)C(=O)O[C@@]3(C)[C@@H]4C[C@@]5(C)[C@@H]6[C@@]1(OC[C@H]5C(=O)O4)C(=O)O[C@@]632. The first kappa shape index (κ1) is 22.2. The number of carbonyl (C=O) groups is 4. The molecule has 37 heavy (non-hydrogen) atoms. The number of ketones is 1. The van der Waals surface area contributed by atoms with E-state index < -0.39 is 80.9 Å². The number of esters is 3. The van der Waals surface area contributed by atoms with Crippen LogP contribution in [0, 0.1) is 34.5 Å². The fourth-order valence-electron chi connectivity index (χ4n) is 9.95. The zero-order valence-electron chi connectivity index (χ0n) is 20.8. The van der Waals surface area contributed by atoms with E-state index in [1.807, 2.05) is 32.1 Å². The highest BCUT2D eigenvalue weighted by Gasteiger charge is 2.95. The summed E-state index contributed by atoms with van der Waals surface area (Å²) in [6.45, 7) is 5.33. The molecule has 8 rings (SSSR count). The summed E-state index contributed by atoms with van der Waals surface area (Å²) in [4.78, 5) is 54.7. The second-order valence-electron chi connectivity index (χ2n) is 12.8. The Morgan fingerprint density at radius 3 is 2.59 bits per heavy atom. The summed E-state index contributed by atoms with van der Waals surface area (Å²) in [6, 6.07) is 0. The van der Waals surface area contributed by atoms with E-state index in [1.54, 1.807) is 13.0 Å². The van der Waals surface area contributed by atoms with Crippen molar-refractivity contribution in [2.75, 3.05) is 6.61 Å². The van der Waals surface area contributed by atoms with Crippen molar-refractivity contribution in [2.45, 2.75) is 68.5 Å². The minimum Gasteiger partial charge on any atom is -0.458 e. The first-order valence-electron chi connectivity index (χ1n) is 13.1. The molecule has 0 amide bonds. The molecule has 4 aliphatic heterocycles. The van der Waals surface area contributed by atoms with Crippen LogP contribution in [0.15, 0.2) is 36.0 Å². The van der Waals surface area contributed by atoms with Gasteiger partial charge in [-0.1, -0.05) is 31.2 Å². The number of hydrogen-bond acceptors (Lipinski definition) is 9. The Hall–Kier alpha value is -2.78. The maximum Gasteiger partial charge on any atom is 0.343 e. The summed E-state index contributed by atoms with van der Waals surface area (Å²) in [5.41, 5.74) is -8.27. The fourth-order valence-corrected chi connectivity index (χ4v) is 9.95. The third kappa shape index (κ3) is 1.88. The van der Waals surface area contributed by atoms with Gasteiger partial charge in [-0.15, -0.1) is 0 Å². The number of aliphatic hydroxyl groups is 1. The van der Waals surface area contributed by atoms with Crippen LogP contribution in [0.1, 0.15) is 40.0 Å². The number of hydrogen-bond donors (Lipinski definition) is 1. The van der Waals surface area contributed by atoms with Crippen LogP contribution in [0.25, 0.3) is 0 Å². The van der Waals surface area contributed by atoms with E-state index in [1.165, 1.54) is 6.08 Å². The van der Waals surface area contributed by atoms with Crippen molar-refractivity contribution >= 4 is 23.7 Å². The zero-order valence-corrected chi connectivity index (χ0v) is 20.8. The number of rotatable bonds is 0. The molecule has 0 aromatic rings. The van der Waals surface area contributed by atoms with Gasteiger partial charge in [0.15, 0.2) is 17.0 Å². The number of allylic oxidation sites excluding steroid dienone is 5. The van der Waals surface area contributed by atoms with Gasteiger partial charge < -0.3 is 24.1 Å². The largest absolute Gasteiger partial charge is 0.458 e. The minimum atomic E-state index is -2.20. The van der Waals surface area contributed by atoms with Crippen LogP contribution in [-0.2, 0) is 38.1 Å². The molecule has 0 radical (unpaired) electrons. The summed E-state index contributed by atoms with van der Waals surface area (Å²) >= 11 is 0. The van der Waals surface area contributed by atoms with Crippen LogP contribution < -0.4 is 0 Å². The van der Waals surface area contributed by atoms with Crippen LogP contribution in [0.4, 0.5) is 0 Å². The maximum absolute atomic E-state index is 14.3. The van der Waals surface area contributed by atoms with Gasteiger partial charge in [0.1, 0.15) is 6.10 Å². The van der Waals surface area contributed by atoms with Crippen molar-refractivity contribution in [1.82, 2.24) is 0 Å². The Balaban J connectivity index is 1.46. The molecule has 0 unspecified atom stereocenters. The van der Waals surface area contributed by atoms with Crippen LogP contribution in [-0.4, -0.2) is 63.9 Å². The van der Waals surface area contributed by atoms with Gasteiger partial charge >= 0.3 is 17.9 Å². The lowest BCUT2D eigenvalue weighted by molar-refractivity contribution is -0.329. The molecule has 4 bridgehead atoms. The molecule has 1 spiro atoms. The van der Waals surface area contributed by atoms with E-state index in [2.05, 4.69) is 0 Å². The normalized spacial score (nSPS) is 57.8. The van der Waals surface area contributed by atoms with Gasteiger partial charge in [0, 0.05) is 5.92 Å². The number of carbonyl (C=O) groups excluding carboxylic acids is 4. The third-order valence-electron chi connectivity index (χ3n) is 11.7. The molecular weight excluding hydrogens is 480 g/mol. The van der Waals surface area contributed by atoms with Gasteiger partial charge in [0.2, 0.25) is 11.2 Å².